The number of hydrogen-bond donors (Lipinski definition) is 0. The molecule has 1 aromatic carbocycles. The Labute approximate surface area is 142 Å². The predicted molar refractivity (Wildman–Crippen MR) is 88.7 cm³/mol. The van der Waals surface area contributed by atoms with Crippen molar-refractivity contribution in [2.45, 2.75) is 51.4 Å². The third-order valence-electron chi connectivity index (χ3n) is 4.43. The molecule has 6 heteroatoms. The van der Waals surface area contributed by atoms with Crippen LogP contribution in [0.1, 0.15) is 32.8 Å². The van der Waals surface area contributed by atoms with Crippen LogP contribution in [0.4, 0.5) is 4.79 Å². The van der Waals surface area contributed by atoms with Gasteiger partial charge in [0.2, 0.25) is 5.91 Å². The first-order chi connectivity index (χ1) is 11.3. The highest BCUT2D eigenvalue weighted by atomic mass is 16.6. The zero-order chi connectivity index (χ0) is 17.5. The fourth-order valence-electron chi connectivity index (χ4n) is 3.30. The first-order valence-corrected chi connectivity index (χ1v) is 8.21. The van der Waals surface area contributed by atoms with Gasteiger partial charge in [0, 0.05) is 13.1 Å². The van der Waals surface area contributed by atoms with E-state index >= 15 is 0 Å². The number of carbonyl (C=O) groups is 2. The number of amides is 2. The molecule has 0 unspecified atom stereocenters. The number of methoxy groups -OCH3 is 1. The normalized spacial score (nSPS) is 22.9. The molecular formula is C18H24N2O4. The largest absolute Gasteiger partial charge is 0.497 e. The van der Waals surface area contributed by atoms with Crippen LogP contribution in [0, 0.1) is 0 Å². The van der Waals surface area contributed by atoms with E-state index in [2.05, 4.69) is 0 Å². The van der Waals surface area contributed by atoms with Gasteiger partial charge in [0.1, 0.15) is 17.4 Å². The molecule has 2 amide bonds. The summed E-state index contributed by atoms with van der Waals surface area (Å²) in [5.74, 6) is 0.803. The van der Waals surface area contributed by atoms with E-state index in [1.165, 1.54) is 0 Å². The number of nitrogens with zero attached hydrogens (tertiary/aromatic N) is 2. The summed E-state index contributed by atoms with van der Waals surface area (Å²) in [5.41, 5.74) is 0.505. The number of ether oxygens (including phenoxy) is 2. The standard InChI is InChI=1S/C18H24N2O4/c1-18(2,3)24-17(22)20-11-13-9-15(20)16(21)19(13)10-12-5-7-14(23-4)8-6-12/h5-8,13,15H,9-11H2,1-4H3/t13-,15-/m1/s1. The molecule has 2 heterocycles. The Bertz CT molecular complexity index is 635. The van der Waals surface area contributed by atoms with Crippen LogP contribution < -0.4 is 4.74 Å². The second-order valence-electron chi connectivity index (χ2n) is 7.35. The number of rotatable bonds is 3. The average Bonchev–Trinajstić information content (AvgIpc) is 3.06. The monoisotopic (exact) mass is 332 g/mol. The van der Waals surface area contributed by atoms with Crippen LogP contribution in [-0.4, -0.2) is 53.1 Å². The van der Waals surface area contributed by atoms with Gasteiger partial charge in [0.25, 0.3) is 0 Å². The van der Waals surface area contributed by atoms with E-state index in [0.29, 0.717) is 19.5 Å². The second kappa shape index (κ2) is 6.00. The van der Waals surface area contributed by atoms with Gasteiger partial charge in [-0.2, -0.15) is 0 Å². The molecule has 24 heavy (non-hydrogen) atoms. The lowest BCUT2D eigenvalue weighted by Crippen LogP contribution is -2.52. The molecule has 6 nitrogen and oxygen atoms in total. The Kier molecular flexibility index (Phi) is 4.15. The lowest BCUT2D eigenvalue weighted by atomic mass is 10.2. The maximum Gasteiger partial charge on any atom is 0.411 e. The van der Waals surface area contributed by atoms with E-state index in [0.717, 1.165) is 11.3 Å². The fourth-order valence-corrected chi connectivity index (χ4v) is 3.30. The zero-order valence-electron chi connectivity index (χ0n) is 14.6. The van der Waals surface area contributed by atoms with Crippen LogP contribution in [0.25, 0.3) is 0 Å². The smallest absolute Gasteiger partial charge is 0.411 e. The van der Waals surface area contributed by atoms with E-state index < -0.39 is 11.7 Å². The molecule has 0 saturated carbocycles. The molecule has 3 rings (SSSR count). The van der Waals surface area contributed by atoms with Crippen molar-refractivity contribution in [3.63, 3.8) is 0 Å². The quantitative estimate of drug-likeness (QED) is 0.853. The number of piperazine rings is 1. The lowest BCUT2D eigenvalue weighted by Gasteiger charge is -2.34. The minimum absolute atomic E-state index is 0.00734. The average molecular weight is 332 g/mol. The van der Waals surface area contributed by atoms with Crippen molar-refractivity contribution in [1.29, 1.82) is 0 Å². The summed E-state index contributed by atoms with van der Waals surface area (Å²) in [6.45, 7) is 6.60. The lowest BCUT2D eigenvalue weighted by molar-refractivity contribution is -0.137. The molecule has 2 fully saturated rings. The van der Waals surface area contributed by atoms with Crippen molar-refractivity contribution in [1.82, 2.24) is 9.80 Å². The van der Waals surface area contributed by atoms with Crippen LogP contribution in [-0.2, 0) is 16.1 Å². The topological polar surface area (TPSA) is 59.1 Å². The highest BCUT2D eigenvalue weighted by molar-refractivity contribution is 5.89. The Hall–Kier alpha value is -2.24. The summed E-state index contributed by atoms with van der Waals surface area (Å²) >= 11 is 0. The van der Waals surface area contributed by atoms with Crippen molar-refractivity contribution < 1.29 is 19.1 Å². The molecular weight excluding hydrogens is 308 g/mol. The molecule has 2 aliphatic heterocycles. The predicted octanol–water partition coefficient (Wildman–Crippen LogP) is 2.42. The summed E-state index contributed by atoms with van der Waals surface area (Å²) in [7, 11) is 1.63. The first-order valence-electron chi connectivity index (χ1n) is 8.21. The van der Waals surface area contributed by atoms with Crippen LogP contribution in [0.15, 0.2) is 24.3 Å². The third-order valence-corrected chi connectivity index (χ3v) is 4.43. The summed E-state index contributed by atoms with van der Waals surface area (Å²) in [6.07, 6.45) is 0.293. The molecule has 1 aromatic rings. The third kappa shape index (κ3) is 3.18. The van der Waals surface area contributed by atoms with Crippen LogP contribution in [0.3, 0.4) is 0 Å². The molecule has 0 aromatic heterocycles. The Morgan fingerprint density at radius 1 is 1.25 bits per heavy atom. The number of likely N-dealkylation sites (tertiary alicyclic amines) is 2. The van der Waals surface area contributed by atoms with Crippen molar-refractivity contribution in [3.8, 4) is 5.75 Å². The van der Waals surface area contributed by atoms with Gasteiger partial charge in [0.05, 0.1) is 13.2 Å². The van der Waals surface area contributed by atoms with Gasteiger partial charge >= 0.3 is 6.09 Å². The van der Waals surface area contributed by atoms with E-state index in [4.69, 9.17) is 9.47 Å². The van der Waals surface area contributed by atoms with E-state index in [1.807, 2.05) is 49.9 Å². The molecule has 2 bridgehead atoms. The number of hydrogen-bond acceptors (Lipinski definition) is 4. The van der Waals surface area contributed by atoms with E-state index in [-0.39, 0.29) is 18.0 Å². The van der Waals surface area contributed by atoms with Crippen LogP contribution >= 0.6 is 0 Å². The maximum absolute atomic E-state index is 12.6. The van der Waals surface area contributed by atoms with Gasteiger partial charge in [-0.1, -0.05) is 12.1 Å². The van der Waals surface area contributed by atoms with Crippen molar-refractivity contribution in [3.05, 3.63) is 29.8 Å². The highest BCUT2D eigenvalue weighted by Crippen LogP contribution is 2.34. The van der Waals surface area contributed by atoms with Gasteiger partial charge < -0.3 is 14.4 Å². The first kappa shape index (κ1) is 16.6. The van der Waals surface area contributed by atoms with Crippen LogP contribution in [0.2, 0.25) is 0 Å². The minimum atomic E-state index is -0.551. The number of carbonyl (C=O) groups excluding carboxylic acids is 2. The van der Waals surface area contributed by atoms with Crippen molar-refractivity contribution in [2.24, 2.45) is 0 Å². The second-order valence-corrected chi connectivity index (χ2v) is 7.35. The van der Waals surface area contributed by atoms with E-state index in [9.17, 15) is 9.59 Å². The molecule has 130 valence electrons. The maximum atomic E-state index is 12.6. The van der Waals surface area contributed by atoms with Gasteiger partial charge in [0.15, 0.2) is 0 Å². The molecule has 2 saturated heterocycles. The minimum Gasteiger partial charge on any atom is -0.497 e. The van der Waals surface area contributed by atoms with Crippen LogP contribution in [0.5, 0.6) is 5.75 Å². The van der Waals surface area contributed by atoms with Crippen molar-refractivity contribution >= 4 is 12.0 Å². The Balaban J connectivity index is 1.65. The molecule has 0 spiro atoms. The summed E-state index contributed by atoms with van der Waals surface area (Å²) in [6, 6.07) is 7.38. The molecule has 0 radical (unpaired) electrons. The van der Waals surface area contributed by atoms with Gasteiger partial charge in [-0.05, 0) is 44.9 Å². The number of benzene rings is 1. The highest BCUT2D eigenvalue weighted by Gasteiger charge is 2.52. The summed E-state index contributed by atoms with van der Waals surface area (Å²) in [5, 5.41) is 0. The zero-order valence-corrected chi connectivity index (χ0v) is 14.6. The molecule has 2 atom stereocenters. The molecule has 2 aliphatic rings. The summed E-state index contributed by atoms with van der Waals surface area (Å²) in [4.78, 5) is 28.3. The van der Waals surface area contributed by atoms with E-state index in [1.54, 1.807) is 12.0 Å². The van der Waals surface area contributed by atoms with Gasteiger partial charge in [-0.3, -0.25) is 9.69 Å². The summed E-state index contributed by atoms with van der Waals surface area (Å²) < 4.78 is 10.6. The van der Waals surface area contributed by atoms with Crippen molar-refractivity contribution in [2.75, 3.05) is 13.7 Å². The van der Waals surface area contributed by atoms with Gasteiger partial charge in [-0.25, -0.2) is 4.79 Å². The SMILES string of the molecule is COc1ccc(CN2C(=O)[C@H]3C[C@@H]2CN3C(=O)OC(C)(C)C)cc1. The Morgan fingerprint density at radius 3 is 2.46 bits per heavy atom. The molecule has 0 aliphatic carbocycles. The number of fused-ring (bicyclic) bond motifs is 2. The van der Waals surface area contributed by atoms with Gasteiger partial charge in [-0.15, -0.1) is 0 Å². The molecule has 0 N–H and O–H groups in total. The fraction of sp³-hybridized carbons (Fsp3) is 0.556. The Morgan fingerprint density at radius 2 is 1.92 bits per heavy atom.